The largest absolute Gasteiger partial charge is 0.467 e. The van der Waals surface area contributed by atoms with Crippen LogP contribution in [0.4, 0.5) is 4.79 Å². The van der Waals surface area contributed by atoms with Crippen molar-refractivity contribution in [1.82, 2.24) is 4.90 Å². The number of hydrogen-bond acceptors (Lipinski definition) is 6. The number of esters is 1. The number of hydrogen-bond donors (Lipinski definition) is 1. The van der Waals surface area contributed by atoms with Crippen molar-refractivity contribution in [1.29, 1.82) is 5.53 Å². The molecule has 0 aromatic heterocycles. The standard InChI is InChI=1S/C16H21N3O4/c1-12-10-16(18-17,14(20)22-2)8-9-19(12)15(21)23-11-13-6-4-3-5-7-13/h3-7,12,17H,8-11H2,1-2H3/t12-,16+/m0/s1. The van der Waals surface area contributed by atoms with Gasteiger partial charge in [-0.05, 0) is 12.5 Å². The predicted molar refractivity (Wildman–Crippen MR) is 81.9 cm³/mol. The van der Waals surface area contributed by atoms with E-state index in [-0.39, 0.29) is 25.5 Å². The molecule has 0 aliphatic carbocycles. The van der Waals surface area contributed by atoms with E-state index in [4.69, 9.17) is 15.0 Å². The Morgan fingerprint density at radius 2 is 2.09 bits per heavy atom. The number of carbonyl (C=O) groups is 2. The molecule has 7 heteroatoms. The van der Waals surface area contributed by atoms with Gasteiger partial charge in [0.15, 0.2) is 5.54 Å². The van der Waals surface area contributed by atoms with E-state index >= 15 is 0 Å². The van der Waals surface area contributed by atoms with Crippen molar-refractivity contribution in [3.8, 4) is 0 Å². The fraction of sp³-hybridized carbons (Fsp3) is 0.500. The van der Waals surface area contributed by atoms with Gasteiger partial charge in [-0.15, -0.1) is 0 Å². The topological polar surface area (TPSA) is 92.0 Å². The number of likely N-dealkylation sites (tertiary alicyclic amines) is 1. The number of carbonyl (C=O) groups excluding carboxylic acids is 2. The maximum absolute atomic E-state index is 12.2. The van der Waals surface area contributed by atoms with E-state index in [1.807, 2.05) is 37.3 Å². The summed E-state index contributed by atoms with van der Waals surface area (Å²) in [6, 6.07) is 9.16. The van der Waals surface area contributed by atoms with Crippen LogP contribution >= 0.6 is 0 Å². The summed E-state index contributed by atoms with van der Waals surface area (Å²) in [7, 11) is 1.28. The smallest absolute Gasteiger partial charge is 0.410 e. The van der Waals surface area contributed by atoms with Gasteiger partial charge in [-0.1, -0.05) is 30.3 Å². The van der Waals surface area contributed by atoms with Gasteiger partial charge < -0.3 is 14.4 Å². The van der Waals surface area contributed by atoms with Gasteiger partial charge in [0.25, 0.3) is 0 Å². The Kier molecular flexibility index (Phi) is 5.31. The van der Waals surface area contributed by atoms with Crippen LogP contribution in [0.2, 0.25) is 0 Å². The summed E-state index contributed by atoms with van der Waals surface area (Å²) in [6.07, 6.45) is 0.0854. The zero-order valence-electron chi connectivity index (χ0n) is 13.3. The van der Waals surface area contributed by atoms with Gasteiger partial charge >= 0.3 is 12.1 Å². The minimum Gasteiger partial charge on any atom is -0.467 e. The molecule has 1 aliphatic heterocycles. The van der Waals surface area contributed by atoms with Crippen molar-refractivity contribution in [2.24, 2.45) is 5.11 Å². The molecule has 2 atom stereocenters. The van der Waals surface area contributed by atoms with Crippen molar-refractivity contribution in [3.05, 3.63) is 35.9 Å². The van der Waals surface area contributed by atoms with E-state index in [0.717, 1.165) is 5.56 Å². The van der Waals surface area contributed by atoms with Crippen LogP contribution in [0.1, 0.15) is 25.3 Å². The van der Waals surface area contributed by atoms with Gasteiger partial charge in [0.05, 0.1) is 7.11 Å². The van der Waals surface area contributed by atoms with Crippen LogP contribution in [0, 0.1) is 5.53 Å². The minimum absolute atomic E-state index is 0.202. The fourth-order valence-corrected chi connectivity index (χ4v) is 2.82. The average Bonchev–Trinajstić information content (AvgIpc) is 2.59. The van der Waals surface area contributed by atoms with Crippen LogP contribution < -0.4 is 0 Å². The Hall–Kier alpha value is -2.44. The molecule has 1 aliphatic rings. The van der Waals surface area contributed by atoms with Gasteiger partial charge in [0.2, 0.25) is 0 Å². The van der Waals surface area contributed by atoms with Crippen LogP contribution in [0.3, 0.4) is 0 Å². The molecule has 0 bridgehead atoms. The maximum atomic E-state index is 12.2. The lowest BCUT2D eigenvalue weighted by molar-refractivity contribution is -0.149. The molecule has 124 valence electrons. The molecule has 0 saturated carbocycles. The molecule has 1 aromatic carbocycles. The first-order valence-corrected chi connectivity index (χ1v) is 7.47. The molecular formula is C16H21N3O4. The van der Waals surface area contributed by atoms with Crippen LogP contribution in [0.5, 0.6) is 0 Å². The number of methoxy groups -OCH3 is 1. The number of amides is 1. The van der Waals surface area contributed by atoms with Crippen molar-refractivity contribution in [2.75, 3.05) is 13.7 Å². The van der Waals surface area contributed by atoms with Crippen molar-refractivity contribution < 1.29 is 19.1 Å². The van der Waals surface area contributed by atoms with Gasteiger partial charge in [-0.2, -0.15) is 5.11 Å². The summed E-state index contributed by atoms with van der Waals surface area (Å²) in [5.41, 5.74) is 7.05. The molecule has 0 spiro atoms. The Balaban J connectivity index is 1.96. The Labute approximate surface area is 135 Å². The zero-order chi connectivity index (χ0) is 16.9. The van der Waals surface area contributed by atoms with Crippen LogP contribution in [0.25, 0.3) is 0 Å². The number of piperidine rings is 1. The molecule has 1 amide bonds. The lowest BCUT2D eigenvalue weighted by atomic mass is 9.84. The van der Waals surface area contributed by atoms with E-state index in [1.165, 1.54) is 7.11 Å². The summed E-state index contributed by atoms with van der Waals surface area (Å²) in [6.45, 7) is 2.31. The third-order valence-electron chi connectivity index (χ3n) is 4.15. The lowest BCUT2D eigenvalue weighted by Crippen LogP contribution is -2.54. The average molecular weight is 319 g/mol. The monoisotopic (exact) mass is 319 g/mol. The third-order valence-corrected chi connectivity index (χ3v) is 4.15. The van der Waals surface area contributed by atoms with Crippen molar-refractivity contribution >= 4 is 12.1 Å². The maximum Gasteiger partial charge on any atom is 0.410 e. The number of rotatable bonds is 4. The van der Waals surface area contributed by atoms with E-state index in [2.05, 4.69) is 5.11 Å². The number of nitrogens with one attached hydrogen (secondary N) is 1. The van der Waals surface area contributed by atoms with Crippen LogP contribution in [-0.2, 0) is 20.9 Å². The third kappa shape index (κ3) is 3.67. The predicted octanol–water partition coefficient (Wildman–Crippen LogP) is 2.75. The highest BCUT2D eigenvalue weighted by Gasteiger charge is 2.47. The summed E-state index contributed by atoms with van der Waals surface area (Å²) >= 11 is 0. The number of nitrogens with zero attached hydrogens (tertiary/aromatic N) is 2. The second-order valence-electron chi connectivity index (χ2n) is 5.67. The molecule has 23 heavy (non-hydrogen) atoms. The highest BCUT2D eigenvalue weighted by molar-refractivity contribution is 5.81. The summed E-state index contributed by atoms with van der Waals surface area (Å²) in [4.78, 5) is 25.7. The fourth-order valence-electron chi connectivity index (χ4n) is 2.82. The van der Waals surface area contributed by atoms with Gasteiger partial charge in [0.1, 0.15) is 6.61 Å². The van der Waals surface area contributed by atoms with Crippen LogP contribution in [-0.4, -0.2) is 42.2 Å². The molecule has 0 unspecified atom stereocenters. The highest BCUT2D eigenvalue weighted by atomic mass is 16.6. The molecule has 1 heterocycles. The Bertz CT molecular complexity index is 578. The minimum atomic E-state index is -1.19. The number of ether oxygens (including phenoxy) is 2. The molecule has 1 saturated heterocycles. The van der Waals surface area contributed by atoms with Gasteiger partial charge in [-0.3, -0.25) is 0 Å². The van der Waals surface area contributed by atoms with Crippen LogP contribution in [0.15, 0.2) is 35.4 Å². The molecule has 2 rings (SSSR count). The Morgan fingerprint density at radius 3 is 2.65 bits per heavy atom. The second kappa shape index (κ2) is 7.21. The molecule has 1 aromatic rings. The van der Waals surface area contributed by atoms with E-state index in [0.29, 0.717) is 6.54 Å². The normalized spacial score (nSPS) is 23.9. The van der Waals surface area contributed by atoms with Gasteiger partial charge in [-0.25, -0.2) is 15.1 Å². The second-order valence-corrected chi connectivity index (χ2v) is 5.67. The first-order chi connectivity index (χ1) is 11.0. The molecule has 7 nitrogen and oxygen atoms in total. The quantitative estimate of drug-likeness (QED) is 0.682. The highest BCUT2D eigenvalue weighted by Crippen LogP contribution is 2.32. The first-order valence-electron chi connectivity index (χ1n) is 7.47. The summed E-state index contributed by atoms with van der Waals surface area (Å²) < 4.78 is 10.1. The van der Waals surface area contributed by atoms with E-state index in [1.54, 1.807) is 4.90 Å². The molecule has 1 N–H and O–H groups in total. The zero-order valence-corrected chi connectivity index (χ0v) is 13.3. The van der Waals surface area contributed by atoms with Crippen molar-refractivity contribution in [3.63, 3.8) is 0 Å². The lowest BCUT2D eigenvalue weighted by Gasteiger charge is -2.40. The van der Waals surface area contributed by atoms with Gasteiger partial charge in [0, 0.05) is 25.4 Å². The first kappa shape index (κ1) is 16.9. The van der Waals surface area contributed by atoms with E-state index in [9.17, 15) is 9.59 Å². The molecule has 0 radical (unpaired) electrons. The van der Waals surface area contributed by atoms with Crippen molar-refractivity contribution in [2.45, 2.75) is 38.0 Å². The number of benzene rings is 1. The molecule has 1 fully saturated rings. The summed E-state index contributed by atoms with van der Waals surface area (Å²) in [5.74, 6) is -0.531. The molecular weight excluding hydrogens is 298 g/mol. The summed E-state index contributed by atoms with van der Waals surface area (Å²) in [5, 5.41) is 3.48. The Morgan fingerprint density at radius 1 is 1.39 bits per heavy atom. The SMILES string of the molecule is COC(=O)[C@@]1(N=N)CCN(C(=O)OCc2ccccc2)[C@@H](C)C1. The van der Waals surface area contributed by atoms with E-state index < -0.39 is 17.6 Å².